The molecule has 0 bridgehead atoms. The minimum Gasteiger partial charge on any atom is -0.383 e. The quantitative estimate of drug-likeness (QED) is 0.666. The Hall–Kier alpha value is -1.76. The summed E-state index contributed by atoms with van der Waals surface area (Å²) in [5.74, 6) is 1.74. The van der Waals surface area contributed by atoms with Crippen molar-refractivity contribution in [3.8, 4) is 11.4 Å². The van der Waals surface area contributed by atoms with Crippen molar-refractivity contribution in [2.45, 2.75) is 26.3 Å². The minimum absolute atomic E-state index is 0.509. The van der Waals surface area contributed by atoms with E-state index in [2.05, 4.69) is 41.0 Å². The molecule has 2 rings (SSSR count). The number of hydrogen-bond donors (Lipinski definition) is 0. The van der Waals surface area contributed by atoms with Crippen LogP contribution in [0.3, 0.4) is 0 Å². The van der Waals surface area contributed by atoms with Crippen molar-refractivity contribution in [2.75, 3.05) is 40.5 Å². The zero-order valence-corrected chi connectivity index (χ0v) is 15.0. The normalized spacial score (nSPS) is 11.6. The summed E-state index contributed by atoms with van der Waals surface area (Å²) in [7, 11) is 3.39. The molecule has 0 aliphatic rings. The van der Waals surface area contributed by atoms with E-state index in [4.69, 9.17) is 14.0 Å². The molecule has 6 nitrogen and oxygen atoms in total. The number of aromatic nitrogens is 2. The number of nitrogens with zero attached hydrogens (tertiary/aromatic N) is 3. The summed E-state index contributed by atoms with van der Waals surface area (Å²) in [5.41, 5.74) is 2.27. The maximum atomic E-state index is 5.40. The molecule has 6 heteroatoms. The fraction of sp³-hybridized carbons (Fsp3) is 0.556. The van der Waals surface area contributed by atoms with Gasteiger partial charge in [0.25, 0.3) is 0 Å². The van der Waals surface area contributed by atoms with Crippen molar-refractivity contribution < 1.29 is 14.0 Å². The van der Waals surface area contributed by atoms with Crippen molar-refractivity contribution >= 4 is 0 Å². The molecule has 0 N–H and O–H groups in total. The van der Waals surface area contributed by atoms with E-state index in [0.29, 0.717) is 37.4 Å². The second-order valence-electron chi connectivity index (χ2n) is 6.05. The first-order valence-corrected chi connectivity index (χ1v) is 8.27. The van der Waals surface area contributed by atoms with Gasteiger partial charge in [-0.15, -0.1) is 0 Å². The Morgan fingerprint density at radius 3 is 2.21 bits per heavy atom. The van der Waals surface area contributed by atoms with Crippen LogP contribution in [-0.4, -0.2) is 55.6 Å². The molecule has 0 spiro atoms. The lowest BCUT2D eigenvalue weighted by Crippen LogP contribution is -2.30. The van der Waals surface area contributed by atoms with E-state index in [1.165, 1.54) is 5.56 Å². The van der Waals surface area contributed by atoms with Gasteiger partial charge < -0.3 is 14.0 Å². The van der Waals surface area contributed by atoms with Gasteiger partial charge in [0.2, 0.25) is 11.7 Å². The molecule has 1 heterocycles. The van der Waals surface area contributed by atoms with Crippen LogP contribution < -0.4 is 0 Å². The van der Waals surface area contributed by atoms with Crippen LogP contribution in [0, 0.1) is 0 Å². The Morgan fingerprint density at radius 1 is 1.04 bits per heavy atom. The van der Waals surface area contributed by atoms with Crippen LogP contribution in [-0.2, 0) is 16.0 Å². The maximum Gasteiger partial charge on any atom is 0.241 e. The van der Waals surface area contributed by atoms with Gasteiger partial charge in [-0.1, -0.05) is 43.3 Å². The van der Waals surface area contributed by atoms with E-state index < -0.39 is 0 Å². The second kappa shape index (κ2) is 9.52. The highest BCUT2D eigenvalue weighted by molar-refractivity contribution is 5.54. The van der Waals surface area contributed by atoms with Crippen LogP contribution in [0.2, 0.25) is 0 Å². The molecule has 0 unspecified atom stereocenters. The number of rotatable bonds is 10. The molecule has 1 aromatic carbocycles. The number of hydrogen-bond acceptors (Lipinski definition) is 6. The third-order valence-electron chi connectivity index (χ3n) is 3.89. The smallest absolute Gasteiger partial charge is 0.241 e. The summed E-state index contributed by atoms with van der Waals surface area (Å²) in [5, 5.41) is 4.10. The van der Waals surface area contributed by atoms with Gasteiger partial charge in [-0.05, 0) is 11.5 Å². The van der Waals surface area contributed by atoms with Crippen molar-refractivity contribution in [3.63, 3.8) is 0 Å². The highest BCUT2D eigenvalue weighted by Crippen LogP contribution is 2.20. The van der Waals surface area contributed by atoms with E-state index in [1.807, 2.05) is 12.1 Å². The Kier molecular flexibility index (Phi) is 7.36. The van der Waals surface area contributed by atoms with Crippen molar-refractivity contribution in [3.05, 3.63) is 35.7 Å². The standard InChI is InChI=1S/C18H27N3O3/c1-14(2)15-5-7-16(8-6-15)18-19-17(24-20-18)13-21(9-11-22-3)10-12-23-4/h5-8,14H,9-13H2,1-4H3. The fourth-order valence-electron chi connectivity index (χ4n) is 2.36. The number of benzene rings is 1. The molecule has 0 aliphatic carbocycles. The maximum absolute atomic E-state index is 5.40. The first kappa shape index (κ1) is 18.6. The SMILES string of the molecule is COCCN(CCOC)Cc1nc(-c2ccc(C(C)C)cc2)no1. The van der Waals surface area contributed by atoms with Gasteiger partial charge in [0.15, 0.2) is 0 Å². The van der Waals surface area contributed by atoms with E-state index in [0.717, 1.165) is 18.7 Å². The van der Waals surface area contributed by atoms with E-state index in [1.54, 1.807) is 14.2 Å². The lowest BCUT2D eigenvalue weighted by molar-refractivity contribution is 0.103. The predicted octanol–water partition coefficient (Wildman–Crippen LogP) is 2.95. The highest BCUT2D eigenvalue weighted by Gasteiger charge is 2.13. The highest BCUT2D eigenvalue weighted by atomic mass is 16.5. The second-order valence-corrected chi connectivity index (χ2v) is 6.05. The molecular weight excluding hydrogens is 306 g/mol. The summed E-state index contributed by atoms with van der Waals surface area (Å²) in [6.07, 6.45) is 0. The zero-order chi connectivity index (χ0) is 17.4. The Bertz CT molecular complexity index is 588. The molecule has 0 amide bonds. The molecule has 24 heavy (non-hydrogen) atoms. The molecule has 0 saturated carbocycles. The molecule has 0 radical (unpaired) electrons. The molecule has 0 saturated heterocycles. The topological polar surface area (TPSA) is 60.6 Å². The van der Waals surface area contributed by atoms with Gasteiger partial charge in [-0.25, -0.2) is 0 Å². The molecule has 0 aliphatic heterocycles. The van der Waals surface area contributed by atoms with E-state index in [-0.39, 0.29) is 0 Å². The summed E-state index contributed by atoms with van der Waals surface area (Å²) in [6, 6.07) is 8.30. The van der Waals surface area contributed by atoms with Crippen LogP contribution in [0.4, 0.5) is 0 Å². The first-order chi connectivity index (χ1) is 11.6. The van der Waals surface area contributed by atoms with Gasteiger partial charge in [0.05, 0.1) is 19.8 Å². The average molecular weight is 333 g/mol. The Balaban J connectivity index is 2.02. The summed E-state index contributed by atoms with van der Waals surface area (Å²) in [4.78, 5) is 6.68. The predicted molar refractivity (Wildman–Crippen MR) is 92.9 cm³/mol. The van der Waals surface area contributed by atoms with E-state index in [9.17, 15) is 0 Å². The number of ether oxygens (including phenoxy) is 2. The largest absolute Gasteiger partial charge is 0.383 e. The molecule has 0 fully saturated rings. The fourth-order valence-corrected chi connectivity index (χ4v) is 2.36. The van der Waals surface area contributed by atoms with Crippen molar-refractivity contribution in [1.82, 2.24) is 15.0 Å². The third-order valence-corrected chi connectivity index (χ3v) is 3.89. The van der Waals surface area contributed by atoms with Crippen LogP contribution in [0.15, 0.2) is 28.8 Å². The first-order valence-electron chi connectivity index (χ1n) is 8.27. The summed E-state index contributed by atoms with van der Waals surface area (Å²) in [6.45, 7) is 7.83. The third kappa shape index (κ3) is 5.40. The zero-order valence-electron chi connectivity index (χ0n) is 15.0. The average Bonchev–Trinajstić information content (AvgIpc) is 3.06. The van der Waals surface area contributed by atoms with Crippen molar-refractivity contribution in [2.24, 2.45) is 0 Å². The number of methoxy groups -OCH3 is 2. The molecule has 0 atom stereocenters. The minimum atomic E-state index is 0.509. The van der Waals surface area contributed by atoms with Crippen molar-refractivity contribution in [1.29, 1.82) is 0 Å². The van der Waals surface area contributed by atoms with Gasteiger partial charge in [-0.2, -0.15) is 4.98 Å². The van der Waals surface area contributed by atoms with Gasteiger partial charge in [-0.3, -0.25) is 4.90 Å². The molecule has 2 aromatic rings. The lowest BCUT2D eigenvalue weighted by Gasteiger charge is -2.19. The monoisotopic (exact) mass is 333 g/mol. The van der Waals surface area contributed by atoms with Crippen LogP contribution in [0.1, 0.15) is 31.2 Å². The van der Waals surface area contributed by atoms with Crippen LogP contribution in [0.25, 0.3) is 11.4 Å². The lowest BCUT2D eigenvalue weighted by atomic mass is 10.0. The molecule has 132 valence electrons. The summed E-state index contributed by atoms with van der Waals surface area (Å²) >= 11 is 0. The van der Waals surface area contributed by atoms with Gasteiger partial charge in [0, 0.05) is 32.9 Å². The molecular formula is C18H27N3O3. The Labute approximate surface area is 143 Å². The van der Waals surface area contributed by atoms with Gasteiger partial charge in [0.1, 0.15) is 0 Å². The molecule has 1 aromatic heterocycles. The van der Waals surface area contributed by atoms with E-state index >= 15 is 0 Å². The summed E-state index contributed by atoms with van der Waals surface area (Å²) < 4.78 is 15.7. The van der Waals surface area contributed by atoms with Crippen LogP contribution in [0.5, 0.6) is 0 Å². The van der Waals surface area contributed by atoms with Gasteiger partial charge >= 0.3 is 0 Å². The Morgan fingerprint density at radius 2 is 1.67 bits per heavy atom. The van der Waals surface area contributed by atoms with Crippen LogP contribution >= 0.6 is 0 Å².